The lowest BCUT2D eigenvalue weighted by Crippen LogP contribution is -1.93. The second kappa shape index (κ2) is 11.6. The molecule has 0 amide bonds. The Balaban J connectivity index is 1.06. The highest BCUT2D eigenvalue weighted by Crippen LogP contribution is 2.45. The van der Waals surface area contributed by atoms with Gasteiger partial charge >= 0.3 is 0 Å². The number of thiophene rings is 2. The van der Waals surface area contributed by atoms with Gasteiger partial charge in [0, 0.05) is 53.0 Å². The van der Waals surface area contributed by atoms with Gasteiger partial charge in [-0.3, -0.25) is 0 Å². The van der Waals surface area contributed by atoms with Gasteiger partial charge in [0.1, 0.15) is 0 Å². The molecule has 0 aliphatic rings. The molecule has 0 N–H and O–H groups in total. The van der Waals surface area contributed by atoms with Gasteiger partial charge in [0.25, 0.3) is 0 Å². The molecule has 0 saturated heterocycles. The first-order valence-electron chi connectivity index (χ1n) is 17.4. The molecule has 7 aromatic carbocycles. The lowest BCUT2D eigenvalue weighted by Gasteiger charge is -2.11. The van der Waals surface area contributed by atoms with Crippen LogP contribution in [0, 0.1) is 0 Å². The summed E-state index contributed by atoms with van der Waals surface area (Å²) in [6.45, 7) is 0. The van der Waals surface area contributed by atoms with E-state index in [4.69, 9.17) is 15.0 Å². The molecule has 0 unspecified atom stereocenters. The van der Waals surface area contributed by atoms with Crippen molar-refractivity contribution < 1.29 is 0 Å². The van der Waals surface area contributed by atoms with E-state index in [9.17, 15) is 0 Å². The normalized spacial score (nSPS) is 11.8. The van der Waals surface area contributed by atoms with Crippen LogP contribution in [0.4, 0.5) is 0 Å². The average molecular weight is 698 g/mol. The van der Waals surface area contributed by atoms with Crippen LogP contribution in [0.1, 0.15) is 0 Å². The Morgan fingerprint density at radius 1 is 0.346 bits per heavy atom. The molecule has 4 heterocycles. The number of benzene rings is 7. The molecule has 0 fully saturated rings. The first kappa shape index (κ1) is 29.5. The highest BCUT2D eigenvalue weighted by atomic mass is 32.1. The Kier molecular flexibility index (Phi) is 6.59. The van der Waals surface area contributed by atoms with E-state index < -0.39 is 0 Å². The van der Waals surface area contributed by atoms with E-state index in [0.717, 1.165) is 60.8 Å². The van der Waals surface area contributed by atoms with Crippen molar-refractivity contribution in [1.82, 2.24) is 15.0 Å². The summed E-state index contributed by atoms with van der Waals surface area (Å²) in [5.41, 5.74) is 9.54. The third-order valence-corrected chi connectivity index (χ3v) is 12.4. The smallest absolute Gasteiger partial charge is 0.160 e. The van der Waals surface area contributed by atoms with E-state index in [0.29, 0.717) is 0 Å². The molecule has 4 aromatic heterocycles. The number of rotatable bonds is 4. The summed E-state index contributed by atoms with van der Waals surface area (Å²) in [5.74, 6) is 0.742. The second-order valence-corrected chi connectivity index (χ2v) is 15.2. The van der Waals surface area contributed by atoms with Gasteiger partial charge in [-0.05, 0) is 34.7 Å². The minimum atomic E-state index is 0.742. The number of pyridine rings is 1. The summed E-state index contributed by atoms with van der Waals surface area (Å²) >= 11 is 3.59. The van der Waals surface area contributed by atoms with Gasteiger partial charge in [-0.2, -0.15) is 0 Å². The largest absolute Gasteiger partial charge is 0.246 e. The fraction of sp³-hybridized carbons (Fsp3) is 0. The average Bonchev–Trinajstić information content (AvgIpc) is 3.80. The molecule has 0 aliphatic heterocycles. The summed E-state index contributed by atoms with van der Waals surface area (Å²) < 4.78 is 4.83. The van der Waals surface area contributed by atoms with Crippen LogP contribution < -0.4 is 0 Å². The molecule has 3 nitrogen and oxygen atoms in total. The predicted octanol–water partition coefficient (Wildman–Crippen LogP) is 13.6. The van der Waals surface area contributed by atoms with Crippen molar-refractivity contribution in [2.75, 3.05) is 0 Å². The highest BCUT2D eigenvalue weighted by molar-refractivity contribution is 7.26. The van der Waals surface area contributed by atoms with Crippen LogP contribution in [0.15, 0.2) is 164 Å². The van der Waals surface area contributed by atoms with E-state index in [1.165, 1.54) is 46.4 Å². The standard InChI is InChI=1S/C47H27N3S2/c1-2-12-31(13-3-1)47-49-41(46-44(50-47)36-18-7-9-20-39(36)52-46)30-23-21-28(22-24-30)32-14-10-15-33(27-32)42-45-40(35-17-6-8-19-38(35)51-45)37-26-25-29-11-4-5-16-34(29)43(37)48-42/h1-27H. The monoisotopic (exact) mass is 697 g/mol. The number of fused-ring (bicyclic) bond motifs is 10. The molecule has 52 heavy (non-hydrogen) atoms. The molecule has 0 bridgehead atoms. The molecule has 11 rings (SSSR count). The molecule has 11 aromatic rings. The van der Waals surface area contributed by atoms with E-state index >= 15 is 0 Å². The summed E-state index contributed by atoms with van der Waals surface area (Å²) in [4.78, 5) is 15.7. The van der Waals surface area contributed by atoms with Gasteiger partial charge in [0.15, 0.2) is 5.82 Å². The van der Waals surface area contributed by atoms with Crippen LogP contribution in [0.5, 0.6) is 0 Å². The van der Waals surface area contributed by atoms with Crippen LogP contribution in [0.2, 0.25) is 0 Å². The summed E-state index contributed by atoms with van der Waals surface area (Å²) in [5, 5.41) is 7.32. The van der Waals surface area contributed by atoms with E-state index in [1.54, 1.807) is 11.3 Å². The lowest BCUT2D eigenvalue weighted by molar-refractivity contribution is 1.24. The zero-order valence-corrected chi connectivity index (χ0v) is 29.4. The maximum Gasteiger partial charge on any atom is 0.160 e. The first-order chi connectivity index (χ1) is 25.8. The van der Waals surface area contributed by atoms with Crippen molar-refractivity contribution in [3.8, 4) is 45.0 Å². The second-order valence-electron chi connectivity index (χ2n) is 13.1. The van der Waals surface area contributed by atoms with E-state index in [2.05, 4.69) is 146 Å². The van der Waals surface area contributed by atoms with Crippen molar-refractivity contribution >= 4 is 84.8 Å². The molecule has 0 radical (unpaired) electrons. The highest BCUT2D eigenvalue weighted by Gasteiger charge is 2.19. The minimum absolute atomic E-state index is 0.742. The van der Waals surface area contributed by atoms with E-state index in [1.807, 2.05) is 29.5 Å². The summed E-state index contributed by atoms with van der Waals surface area (Å²) in [6.07, 6.45) is 0. The van der Waals surface area contributed by atoms with E-state index in [-0.39, 0.29) is 0 Å². The molecular weight excluding hydrogens is 671 g/mol. The van der Waals surface area contributed by atoms with Crippen LogP contribution in [-0.2, 0) is 0 Å². The summed E-state index contributed by atoms with van der Waals surface area (Å²) in [7, 11) is 0. The molecule has 0 atom stereocenters. The van der Waals surface area contributed by atoms with Gasteiger partial charge in [0.05, 0.1) is 31.8 Å². The van der Waals surface area contributed by atoms with Gasteiger partial charge in [-0.25, -0.2) is 15.0 Å². The quantitative estimate of drug-likeness (QED) is 0.172. The third kappa shape index (κ3) is 4.60. The topological polar surface area (TPSA) is 38.7 Å². The fourth-order valence-electron chi connectivity index (χ4n) is 7.58. The fourth-order valence-corrected chi connectivity index (χ4v) is 9.97. The zero-order valence-electron chi connectivity index (χ0n) is 27.7. The number of hydrogen-bond donors (Lipinski definition) is 0. The van der Waals surface area contributed by atoms with Crippen molar-refractivity contribution in [2.45, 2.75) is 0 Å². The molecule has 0 spiro atoms. The SMILES string of the molecule is c1ccc(-c2nc(-c3ccc(-c4cccc(-c5nc6c7ccccc7ccc6c6c5sc5ccccc56)c4)cc3)c3sc4ccccc4c3n2)cc1. The molecule has 0 aliphatic carbocycles. The Labute approximate surface area is 307 Å². The predicted molar refractivity (Wildman–Crippen MR) is 222 cm³/mol. The zero-order chi connectivity index (χ0) is 34.2. The maximum absolute atomic E-state index is 5.46. The first-order valence-corrected chi connectivity index (χ1v) is 19.0. The Bertz CT molecular complexity index is 3180. The Morgan fingerprint density at radius 2 is 0.981 bits per heavy atom. The Hall–Kier alpha value is -6.27. The van der Waals surface area contributed by atoms with Crippen molar-refractivity contribution in [2.24, 2.45) is 0 Å². The van der Waals surface area contributed by atoms with Gasteiger partial charge < -0.3 is 0 Å². The molecular formula is C47H27N3S2. The minimum Gasteiger partial charge on any atom is -0.246 e. The van der Waals surface area contributed by atoms with Crippen molar-refractivity contribution in [3.63, 3.8) is 0 Å². The number of nitrogens with zero attached hydrogens (tertiary/aromatic N) is 3. The third-order valence-electron chi connectivity index (χ3n) is 10.1. The Morgan fingerprint density at radius 3 is 1.83 bits per heavy atom. The number of aromatic nitrogens is 3. The van der Waals surface area contributed by atoms with Crippen LogP contribution in [0.25, 0.3) is 107 Å². The van der Waals surface area contributed by atoms with Crippen LogP contribution in [-0.4, -0.2) is 15.0 Å². The van der Waals surface area contributed by atoms with Gasteiger partial charge in [-0.1, -0.05) is 146 Å². The summed E-state index contributed by atoms with van der Waals surface area (Å²) in [6, 6.07) is 58.2. The van der Waals surface area contributed by atoms with Crippen LogP contribution >= 0.6 is 22.7 Å². The van der Waals surface area contributed by atoms with Gasteiger partial charge in [0.2, 0.25) is 0 Å². The lowest BCUT2D eigenvalue weighted by atomic mass is 9.97. The van der Waals surface area contributed by atoms with Gasteiger partial charge in [-0.15, -0.1) is 22.7 Å². The number of hydrogen-bond acceptors (Lipinski definition) is 5. The molecule has 5 heteroatoms. The maximum atomic E-state index is 5.46. The van der Waals surface area contributed by atoms with Crippen LogP contribution in [0.3, 0.4) is 0 Å². The molecule has 0 saturated carbocycles. The van der Waals surface area contributed by atoms with Crippen molar-refractivity contribution in [3.05, 3.63) is 164 Å². The molecule has 242 valence electrons. The van der Waals surface area contributed by atoms with Crippen molar-refractivity contribution in [1.29, 1.82) is 0 Å².